The maximum atomic E-state index is 13.8. The minimum atomic E-state index is -0.423. The number of carbonyl (C=O) groups is 2. The predicted molar refractivity (Wildman–Crippen MR) is 125 cm³/mol. The third-order valence-corrected chi connectivity index (χ3v) is 6.38. The Kier molecular flexibility index (Phi) is 6.84. The van der Waals surface area contributed by atoms with E-state index in [1.165, 1.54) is 6.07 Å². The molecule has 162 valence electrons. The number of hydrogen-bond donors (Lipinski definition) is 0. The Morgan fingerprint density at radius 2 is 1.69 bits per heavy atom. The summed E-state index contributed by atoms with van der Waals surface area (Å²) in [6, 6.07) is 18.4. The van der Waals surface area contributed by atoms with Crippen molar-refractivity contribution >= 4 is 52.2 Å². The standard InChI is InChI=1S/C24H16Cl2FNO3S/c25-19-8-4-9-20(26)18(19)13-28-23(29)22(32-24(28)30)12-15-5-3-7-17(11-15)31-14-16-6-1-2-10-21(16)27/h1-12H,13-14H2/b22-12+. The summed E-state index contributed by atoms with van der Waals surface area (Å²) in [6.45, 7) is 0.0670. The molecule has 0 atom stereocenters. The van der Waals surface area contributed by atoms with Gasteiger partial charge < -0.3 is 4.74 Å². The van der Waals surface area contributed by atoms with Gasteiger partial charge in [0.1, 0.15) is 18.2 Å². The third-order valence-electron chi connectivity index (χ3n) is 4.76. The summed E-state index contributed by atoms with van der Waals surface area (Å²) in [6.07, 6.45) is 1.62. The van der Waals surface area contributed by atoms with Crippen LogP contribution in [0.15, 0.2) is 71.6 Å². The first-order valence-corrected chi connectivity index (χ1v) is 11.1. The summed E-state index contributed by atoms with van der Waals surface area (Å²) < 4.78 is 19.5. The zero-order valence-corrected chi connectivity index (χ0v) is 18.9. The Labute approximate surface area is 198 Å². The molecule has 4 rings (SSSR count). The number of rotatable bonds is 6. The lowest BCUT2D eigenvalue weighted by molar-refractivity contribution is -0.123. The van der Waals surface area contributed by atoms with Crippen LogP contribution < -0.4 is 4.74 Å². The molecule has 1 heterocycles. The quantitative estimate of drug-likeness (QED) is 0.353. The Morgan fingerprint density at radius 1 is 0.969 bits per heavy atom. The average molecular weight is 488 g/mol. The molecule has 0 saturated carbocycles. The monoisotopic (exact) mass is 487 g/mol. The molecule has 2 amide bonds. The highest BCUT2D eigenvalue weighted by atomic mass is 35.5. The van der Waals surface area contributed by atoms with Gasteiger partial charge in [-0.05, 0) is 53.7 Å². The van der Waals surface area contributed by atoms with Gasteiger partial charge >= 0.3 is 0 Å². The van der Waals surface area contributed by atoms with Crippen molar-refractivity contribution in [2.75, 3.05) is 0 Å². The zero-order valence-electron chi connectivity index (χ0n) is 16.6. The third kappa shape index (κ3) is 4.99. The van der Waals surface area contributed by atoms with Crippen molar-refractivity contribution in [1.82, 2.24) is 4.90 Å². The number of ether oxygens (including phenoxy) is 1. The fourth-order valence-electron chi connectivity index (χ4n) is 3.10. The fourth-order valence-corrected chi connectivity index (χ4v) is 4.46. The van der Waals surface area contributed by atoms with Gasteiger partial charge in [0.15, 0.2) is 0 Å². The van der Waals surface area contributed by atoms with Crippen molar-refractivity contribution < 1.29 is 18.7 Å². The maximum Gasteiger partial charge on any atom is 0.293 e. The van der Waals surface area contributed by atoms with Crippen molar-refractivity contribution in [2.24, 2.45) is 0 Å². The van der Waals surface area contributed by atoms with Gasteiger partial charge in [-0.1, -0.05) is 59.6 Å². The Morgan fingerprint density at radius 3 is 2.44 bits per heavy atom. The minimum Gasteiger partial charge on any atom is -0.489 e. The van der Waals surface area contributed by atoms with Gasteiger partial charge in [-0.2, -0.15) is 0 Å². The van der Waals surface area contributed by atoms with Crippen LogP contribution in [0.4, 0.5) is 9.18 Å². The Hall–Kier alpha value is -2.80. The average Bonchev–Trinajstić information content (AvgIpc) is 3.03. The number of thioether (sulfide) groups is 1. The molecule has 1 saturated heterocycles. The SMILES string of the molecule is O=C1S/C(=C/c2cccc(OCc3ccccc3F)c2)C(=O)N1Cc1c(Cl)cccc1Cl. The number of imide groups is 1. The van der Waals surface area contributed by atoms with Gasteiger partial charge in [0.25, 0.3) is 11.1 Å². The van der Waals surface area contributed by atoms with Crippen molar-refractivity contribution in [3.8, 4) is 5.75 Å². The molecule has 1 aliphatic heterocycles. The van der Waals surface area contributed by atoms with E-state index in [2.05, 4.69) is 0 Å². The summed E-state index contributed by atoms with van der Waals surface area (Å²) in [5.41, 5.74) is 1.64. The van der Waals surface area contributed by atoms with E-state index in [-0.39, 0.29) is 23.9 Å². The van der Waals surface area contributed by atoms with E-state index in [1.54, 1.807) is 66.7 Å². The second kappa shape index (κ2) is 9.77. The lowest BCUT2D eigenvalue weighted by Gasteiger charge is -2.14. The van der Waals surface area contributed by atoms with Crippen molar-refractivity contribution in [2.45, 2.75) is 13.2 Å². The topological polar surface area (TPSA) is 46.6 Å². The summed E-state index contributed by atoms with van der Waals surface area (Å²) >= 11 is 13.2. The molecule has 0 N–H and O–H groups in total. The summed E-state index contributed by atoms with van der Waals surface area (Å²) in [5, 5.41) is 0.379. The number of carbonyl (C=O) groups excluding carboxylic acids is 2. The molecule has 8 heteroatoms. The number of nitrogens with zero attached hydrogens (tertiary/aromatic N) is 1. The van der Waals surface area contributed by atoms with E-state index >= 15 is 0 Å². The van der Waals surface area contributed by atoms with Crippen LogP contribution >= 0.6 is 35.0 Å². The molecule has 1 aliphatic rings. The van der Waals surface area contributed by atoms with Crippen LogP contribution in [-0.2, 0) is 17.9 Å². The summed E-state index contributed by atoms with van der Waals surface area (Å²) in [4.78, 5) is 26.7. The number of amides is 2. The first-order valence-electron chi connectivity index (χ1n) is 9.57. The minimum absolute atomic E-state index is 0.00764. The van der Waals surface area contributed by atoms with Gasteiger partial charge in [-0.25, -0.2) is 4.39 Å². The molecule has 0 bridgehead atoms. The lowest BCUT2D eigenvalue weighted by atomic mass is 10.2. The van der Waals surface area contributed by atoms with E-state index in [0.29, 0.717) is 32.5 Å². The van der Waals surface area contributed by atoms with Gasteiger partial charge in [0, 0.05) is 21.2 Å². The molecule has 0 aromatic heterocycles. The van der Waals surface area contributed by atoms with Crippen LogP contribution in [0, 0.1) is 5.82 Å². The second-order valence-electron chi connectivity index (χ2n) is 6.92. The molecule has 0 spiro atoms. The molecule has 3 aromatic carbocycles. The van der Waals surface area contributed by atoms with E-state index in [0.717, 1.165) is 16.7 Å². The second-order valence-corrected chi connectivity index (χ2v) is 8.73. The van der Waals surface area contributed by atoms with E-state index in [9.17, 15) is 14.0 Å². The molecule has 0 unspecified atom stereocenters. The molecule has 3 aromatic rings. The Balaban J connectivity index is 1.49. The van der Waals surface area contributed by atoms with E-state index in [4.69, 9.17) is 27.9 Å². The highest BCUT2D eigenvalue weighted by molar-refractivity contribution is 8.18. The van der Waals surface area contributed by atoms with Crippen molar-refractivity contribution in [1.29, 1.82) is 0 Å². The number of hydrogen-bond acceptors (Lipinski definition) is 4. The van der Waals surface area contributed by atoms with Gasteiger partial charge in [-0.15, -0.1) is 0 Å². The highest BCUT2D eigenvalue weighted by Gasteiger charge is 2.35. The van der Waals surface area contributed by atoms with E-state index in [1.807, 2.05) is 0 Å². The first-order chi connectivity index (χ1) is 15.4. The van der Waals surface area contributed by atoms with Crippen molar-refractivity contribution in [3.63, 3.8) is 0 Å². The van der Waals surface area contributed by atoms with Gasteiger partial charge in [0.2, 0.25) is 0 Å². The van der Waals surface area contributed by atoms with Crippen LogP contribution in [0.1, 0.15) is 16.7 Å². The predicted octanol–water partition coefficient (Wildman–Crippen LogP) is 6.95. The number of benzene rings is 3. The number of halogens is 3. The van der Waals surface area contributed by atoms with Gasteiger partial charge in [-0.3, -0.25) is 14.5 Å². The Bertz CT molecular complexity index is 1210. The molecular formula is C24H16Cl2FNO3S. The lowest BCUT2D eigenvalue weighted by Crippen LogP contribution is -2.27. The van der Waals surface area contributed by atoms with Gasteiger partial charge in [0.05, 0.1) is 11.4 Å². The molecule has 0 radical (unpaired) electrons. The van der Waals surface area contributed by atoms with Crippen LogP contribution in [0.25, 0.3) is 6.08 Å². The fraction of sp³-hybridized carbons (Fsp3) is 0.0833. The van der Waals surface area contributed by atoms with E-state index < -0.39 is 11.1 Å². The molecule has 0 aliphatic carbocycles. The summed E-state index contributed by atoms with van der Waals surface area (Å²) in [5.74, 6) is -0.242. The normalized spacial score (nSPS) is 15.0. The smallest absolute Gasteiger partial charge is 0.293 e. The first kappa shape index (κ1) is 22.4. The van der Waals surface area contributed by atoms with Crippen LogP contribution in [0.2, 0.25) is 10.0 Å². The molecule has 32 heavy (non-hydrogen) atoms. The highest BCUT2D eigenvalue weighted by Crippen LogP contribution is 2.36. The van der Waals surface area contributed by atoms with Crippen LogP contribution in [0.3, 0.4) is 0 Å². The largest absolute Gasteiger partial charge is 0.489 e. The maximum absolute atomic E-state index is 13.8. The molecular weight excluding hydrogens is 472 g/mol. The molecule has 1 fully saturated rings. The van der Waals surface area contributed by atoms with Crippen molar-refractivity contribution in [3.05, 3.63) is 104 Å². The van der Waals surface area contributed by atoms with Crippen LogP contribution in [0.5, 0.6) is 5.75 Å². The zero-order chi connectivity index (χ0) is 22.7. The summed E-state index contributed by atoms with van der Waals surface area (Å²) in [7, 11) is 0. The molecule has 4 nitrogen and oxygen atoms in total. The van der Waals surface area contributed by atoms with Crippen LogP contribution in [-0.4, -0.2) is 16.0 Å².